The maximum Gasteiger partial charge on any atom is 0.227 e. The van der Waals surface area contributed by atoms with Crippen LogP contribution >= 0.6 is 11.6 Å². The highest BCUT2D eigenvalue weighted by atomic mass is 35.5. The molecule has 5 heteroatoms. The average Bonchev–Trinajstić information content (AvgIpc) is 2.81. The Balaban J connectivity index is 1.73. The molecule has 0 aliphatic carbocycles. The molecule has 22 heavy (non-hydrogen) atoms. The van der Waals surface area contributed by atoms with Gasteiger partial charge >= 0.3 is 0 Å². The summed E-state index contributed by atoms with van der Waals surface area (Å²) >= 11 is 6.16. The lowest BCUT2D eigenvalue weighted by Crippen LogP contribution is -2.59. The van der Waals surface area contributed by atoms with Crippen molar-refractivity contribution >= 4 is 17.5 Å². The molecule has 2 heterocycles. The zero-order valence-electron chi connectivity index (χ0n) is 13.0. The summed E-state index contributed by atoms with van der Waals surface area (Å²) in [6, 6.07) is 7.51. The number of benzene rings is 1. The van der Waals surface area contributed by atoms with Crippen molar-refractivity contribution in [2.24, 2.45) is 0 Å². The van der Waals surface area contributed by atoms with Crippen molar-refractivity contribution in [2.45, 2.75) is 44.5 Å². The number of hydrogen-bond acceptors (Lipinski definition) is 3. The number of halogens is 1. The van der Waals surface area contributed by atoms with E-state index < -0.39 is 0 Å². The third-order valence-corrected chi connectivity index (χ3v) is 5.03. The Hall–Kier alpha value is -1.10. The largest absolute Gasteiger partial charge is 0.375 e. The summed E-state index contributed by atoms with van der Waals surface area (Å²) in [6.07, 6.45) is 1.21. The minimum absolute atomic E-state index is 0.0193. The van der Waals surface area contributed by atoms with Gasteiger partial charge in [0.25, 0.3) is 0 Å². The number of rotatable bonds is 2. The summed E-state index contributed by atoms with van der Waals surface area (Å²) in [5.41, 5.74) is 0.520. The molecule has 3 rings (SSSR count). The summed E-state index contributed by atoms with van der Waals surface area (Å²) in [5.74, 6) is 0.0988. The third kappa shape index (κ3) is 3.00. The Morgan fingerprint density at radius 2 is 2.18 bits per heavy atom. The Morgan fingerprint density at radius 1 is 1.41 bits per heavy atom. The van der Waals surface area contributed by atoms with Gasteiger partial charge in [0.2, 0.25) is 5.91 Å². The molecule has 3 atom stereocenters. The van der Waals surface area contributed by atoms with E-state index in [4.69, 9.17) is 21.1 Å². The van der Waals surface area contributed by atoms with E-state index in [9.17, 15) is 4.79 Å². The van der Waals surface area contributed by atoms with Gasteiger partial charge in [-0.15, -0.1) is 0 Å². The van der Waals surface area contributed by atoms with Gasteiger partial charge in [-0.1, -0.05) is 29.8 Å². The zero-order chi connectivity index (χ0) is 15.7. The van der Waals surface area contributed by atoms with Crippen molar-refractivity contribution in [1.82, 2.24) is 4.90 Å². The fraction of sp³-hybridized carbons (Fsp3) is 0.588. The first kappa shape index (κ1) is 15.8. The van der Waals surface area contributed by atoms with Gasteiger partial charge in [0.1, 0.15) is 5.60 Å². The molecule has 1 amide bonds. The second-order valence-corrected chi connectivity index (χ2v) is 6.71. The predicted octanol–water partition coefficient (Wildman–Crippen LogP) is 2.68. The number of amides is 1. The second-order valence-electron chi connectivity index (χ2n) is 6.30. The van der Waals surface area contributed by atoms with E-state index in [1.807, 2.05) is 43.0 Å². The van der Waals surface area contributed by atoms with Crippen LogP contribution in [-0.4, -0.2) is 48.3 Å². The minimum atomic E-state index is -0.353. The molecule has 1 aromatic rings. The van der Waals surface area contributed by atoms with Crippen LogP contribution in [0.1, 0.15) is 25.8 Å². The van der Waals surface area contributed by atoms with Gasteiger partial charge in [-0.3, -0.25) is 4.79 Å². The molecule has 0 N–H and O–H groups in total. The summed E-state index contributed by atoms with van der Waals surface area (Å²) in [5, 5.41) is 0.643. The Labute approximate surface area is 136 Å². The van der Waals surface area contributed by atoms with E-state index in [2.05, 4.69) is 0 Å². The predicted molar refractivity (Wildman–Crippen MR) is 85.0 cm³/mol. The molecule has 0 radical (unpaired) electrons. The summed E-state index contributed by atoms with van der Waals surface area (Å²) in [4.78, 5) is 14.6. The van der Waals surface area contributed by atoms with Crippen molar-refractivity contribution in [1.29, 1.82) is 0 Å². The van der Waals surface area contributed by atoms with E-state index >= 15 is 0 Å². The fourth-order valence-electron chi connectivity index (χ4n) is 3.41. The van der Waals surface area contributed by atoms with Crippen LogP contribution in [0.15, 0.2) is 24.3 Å². The van der Waals surface area contributed by atoms with Crippen molar-refractivity contribution in [3.8, 4) is 0 Å². The highest BCUT2D eigenvalue weighted by Crippen LogP contribution is 2.35. The van der Waals surface area contributed by atoms with Gasteiger partial charge < -0.3 is 14.4 Å². The van der Waals surface area contributed by atoms with Crippen molar-refractivity contribution < 1.29 is 14.3 Å². The lowest BCUT2D eigenvalue weighted by Gasteiger charge is -2.45. The molecule has 0 saturated carbocycles. The number of ether oxygens (including phenoxy) is 2. The molecular weight excluding hydrogens is 302 g/mol. The molecule has 1 spiro atoms. The van der Waals surface area contributed by atoms with Gasteiger partial charge in [-0.05, 0) is 25.5 Å². The topological polar surface area (TPSA) is 38.8 Å². The van der Waals surface area contributed by atoms with Crippen LogP contribution in [0.2, 0.25) is 5.02 Å². The highest BCUT2D eigenvalue weighted by Gasteiger charge is 2.48. The first-order valence-corrected chi connectivity index (χ1v) is 8.18. The van der Waals surface area contributed by atoms with Crippen molar-refractivity contribution in [2.75, 3.05) is 19.7 Å². The quantitative estimate of drug-likeness (QED) is 0.840. The van der Waals surface area contributed by atoms with Crippen LogP contribution in [0.25, 0.3) is 0 Å². The normalized spacial score (nSPS) is 31.7. The van der Waals surface area contributed by atoms with Crippen molar-refractivity contribution in [3.05, 3.63) is 34.9 Å². The van der Waals surface area contributed by atoms with Crippen LogP contribution in [-0.2, 0) is 20.7 Å². The number of carbonyl (C=O) groups excluding carboxylic acids is 1. The standard InChI is InChI=1S/C17H22ClNO3/c1-12-10-19(11-17(22-12)7-8-21-13(17)2)16(20)9-14-5-3-4-6-15(14)18/h3-6,12-13H,7-11H2,1-2H3/t12-,13+,17+/m1/s1. The summed E-state index contributed by atoms with van der Waals surface area (Å²) < 4.78 is 11.8. The molecule has 1 aromatic carbocycles. The first-order valence-electron chi connectivity index (χ1n) is 7.81. The first-order chi connectivity index (χ1) is 10.5. The molecule has 4 nitrogen and oxygen atoms in total. The number of hydrogen-bond donors (Lipinski definition) is 0. The number of nitrogens with zero attached hydrogens (tertiary/aromatic N) is 1. The Kier molecular flexibility index (Phi) is 4.44. The van der Waals surface area contributed by atoms with E-state index in [1.165, 1.54) is 0 Å². The monoisotopic (exact) mass is 323 g/mol. The molecule has 2 aliphatic rings. The number of morpholine rings is 1. The van der Waals surface area contributed by atoms with Crippen LogP contribution < -0.4 is 0 Å². The number of carbonyl (C=O) groups is 1. The highest BCUT2D eigenvalue weighted by molar-refractivity contribution is 6.31. The minimum Gasteiger partial charge on any atom is -0.375 e. The van der Waals surface area contributed by atoms with Gasteiger partial charge in [0.15, 0.2) is 0 Å². The molecule has 2 fully saturated rings. The van der Waals surface area contributed by atoms with Gasteiger partial charge in [0, 0.05) is 24.6 Å². The van der Waals surface area contributed by atoms with E-state index in [1.54, 1.807) is 0 Å². The van der Waals surface area contributed by atoms with Crippen LogP contribution in [0.4, 0.5) is 0 Å². The van der Waals surface area contributed by atoms with Crippen LogP contribution in [0.5, 0.6) is 0 Å². The van der Waals surface area contributed by atoms with E-state index in [0.717, 1.165) is 12.0 Å². The smallest absolute Gasteiger partial charge is 0.227 e. The second kappa shape index (κ2) is 6.19. The Bertz CT molecular complexity index is 565. The average molecular weight is 324 g/mol. The molecule has 0 aromatic heterocycles. The van der Waals surface area contributed by atoms with E-state index in [0.29, 0.717) is 31.1 Å². The summed E-state index contributed by atoms with van der Waals surface area (Å²) in [7, 11) is 0. The van der Waals surface area contributed by atoms with Crippen molar-refractivity contribution in [3.63, 3.8) is 0 Å². The van der Waals surface area contributed by atoms with Crippen LogP contribution in [0.3, 0.4) is 0 Å². The lowest BCUT2D eigenvalue weighted by molar-refractivity contribution is -0.178. The SMILES string of the molecule is C[C@@H]1CN(C(=O)Cc2ccccc2Cl)C[C@]2(CCO[C@H]2C)O1. The van der Waals surface area contributed by atoms with Gasteiger partial charge in [0.05, 0.1) is 25.2 Å². The van der Waals surface area contributed by atoms with Crippen LogP contribution in [0, 0.1) is 0 Å². The molecule has 2 aliphatic heterocycles. The van der Waals surface area contributed by atoms with Gasteiger partial charge in [-0.25, -0.2) is 0 Å². The lowest BCUT2D eigenvalue weighted by atomic mass is 9.92. The fourth-order valence-corrected chi connectivity index (χ4v) is 3.61. The molecule has 120 valence electrons. The summed E-state index contributed by atoms with van der Waals surface area (Å²) in [6.45, 7) is 5.96. The maximum atomic E-state index is 12.7. The zero-order valence-corrected chi connectivity index (χ0v) is 13.8. The maximum absolute atomic E-state index is 12.7. The molecule has 2 saturated heterocycles. The van der Waals surface area contributed by atoms with E-state index in [-0.39, 0.29) is 23.7 Å². The Morgan fingerprint density at radius 3 is 2.86 bits per heavy atom. The molecular formula is C17H22ClNO3. The molecule has 0 bridgehead atoms. The molecule has 0 unspecified atom stereocenters. The van der Waals surface area contributed by atoms with Gasteiger partial charge in [-0.2, -0.15) is 0 Å². The third-order valence-electron chi connectivity index (χ3n) is 4.66.